The molecule has 6 heteroatoms. The average molecular weight is 300 g/mol. The molecular formula is C16H20N4O2. The molecule has 0 aliphatic rings. The zero-order valence-corrected chi connectivity index (χ0v) is 12.7. The lowest BCUT2D eigenvalue weighted by Crippen LogP contribution is -2.07. The molecule has 1 heterocycles. The van der Waals surface area contributed by atoms with Crippen molar-refractivity contribution in [3.05, 3.63) is 42.2 Å². The van der Waals surface area contributed by atoms with Gasteiger partial charge in [0, 0.05) is 18.3 Å². The van der Waals surface area contributed by atoms with Crippen molar-refractivity contribution in [2.45, 2.75) is 20.3 Å². The van der Waals surface area contributed by atoms with Gasteiger partial charge in [0.05, 0.1) is 5.56 Å². The van der Waals surface area contributed by atoms with Crippen LogP contribution in [-0.4, -0.2) is 27.6 Å². The lowest BCUT2D eigenvalue weighted by Gasteiger charge is -2.09. The summed E-state index contributed by atoms with van der Waals surface area (Å²) in [7, 11) is 0. The normalized spacial score (nSPS) is 10.5. The molecule has 0 radical (unpaired) electrons. The van der Waals surface area contributed by atoms with Gasteiger partial charge in [0.25, 0.3) is 0 Å². The van der Waals surface area contributed by atoms with Gasteiger partial charge in [-0.2, -0.15) is 0 Å². The predicted molar refractivity (Wildman–Crippen MR) is 86.7 cm³/mol. The molecule has 0 fully saturated rings. The quantitative estimate of drug-likeness (QED) is 0.726. The van der Waals surface area contributed by atoms with Crippen LogP contribution in [0.5, 0.6) is 0 Å². The Morgan fingerprint density at radius 3 is 2.50 bits per heavy atom. The summed E-state index contributed by atoms with van der Waals surface area (Å²) in [6.07, 6.45) is 2.56. The second kappa shape index (κ2) is 7.40. The van der Waals surface area contributed by atoms with Gasteiger partial charge in [-0.1, -0.05) is 13.8 Å². The second-order valence-corrected chi connectivity index (χ2v) is 5.41. The van der Waals surface area contributed by atoms with Gasteiger partial charge in [-0.05, 0) is 36.6 Å². The minimum absolute atomic E-state index is 0.254. The first-order valence-corrected chi connectivity index (χ1v) is 7.21. The molecule has 0 aliphatic heterocycles. The van der Waals surface area contributed by atoms with Crippen molar-refractivity contribution in [3.8, 4) is 0 Å². The van der Waals surface area contributed by atoms with E-state index in [2.05, 4.69) is 34.4 Å². The Morgan fingerprint density at radius 1 is 1.18 bits per heavy atom. The Labute approximate surface area is 129 Å². The molecule has 6 nitrogen and oxygen atoms in total. The molecular weight excluding hydrogens is 280 g/mol. The first-order chi connectivity index (χ1) is 10.5. The number of aromatic nitrogens is 2. The molecule has 3 N–H and O–H groups in total. The van der Waals surface area contributed by atoms with Crippen LogP contribution >= 0.6 is 0 Å². The van der Waals surface area contributed by atoms with Crippen LogP contribution in [0.15, 0.2) is 36.7 Å². The van der Waals surface area contributed by atoms with Crippen LogP contribution in [0.2, 0.25) is 0 Å². The van der Waals surface area contributed by atoms with E-state index < -0.39 is 5.97 Å². The SMILES string of the molecule is CC(C)CCNc1cc(Nc2ccc(C(=O)O)cc2)ncn1. The summed E-state index contributed by atoms with van der Waals surface area (Å²) < 4.78 is 0. The largest absolute Gasteiger partial charge is 0.478 e. The molecule has 0 atom stereocenters. The summed E-state index contributed by atoms with van der Waals surface area (Å²) in [4.78, 5) is 19.1. The number of nitrogens with zero attached hydrogens (tertiary/aromatic N) is 2. The highest BCUT2D eigenvalue weighted by Crippen LogP contribution is 2.17. The Hall–Kier alpha value is -2.63. The van der Waals surface area contributed by atoms with Crippen LogP contribution in [0.3, 0.4) is 0 Å². The van der Waals surface area contributed by atoms with Gasteiger partial charge in [-0.3, -0.25) is 0 Å². The molecule has 1 aromatic heterocycles. The van der Waals surface area contributed by atoms with Gasteiger partial charge in [-0.15, -0.1) is 0 Å². The molecule has 0 bridgehead atoms. The number of carboxylic acid groups (broad SMARTS) is 1. The van der Waals surface area contributed by atoms with Crippen LogP contribution < -0.4 is 10.6 Å². The number of aromatic carboxylic acids is 1. The second-order valence-electron chi connectivity index (χ2n) is 5.41. The fraction of sp³-hybridized carbons (Fsp3) is 0.312. The van der Waals surface area contributed by atoms with E-state index in [9.17, 15) is 4.79 Å². The molecule has 2 aromatic rings. The zero-order chi connectivity index (χ0) is 15.9. The number of hydrogen-bond donors (Lipinski definition) is 3. The molecule has 1 aromatic carbocycles. The molecule has 0 unspecified atom stereocenters. The van der Waals surface area contributed by atoms with Crippen LogP contribution in [0.25, 0.3) is 0 Å². The summed E-state index contributed by atoms with van der Waals surface area (Å²) in [5.74, 6) is 1.12. The zero-order valence-electron chi connectivity index (χ0n) is 12.7. The maximum Gasteiger partial charge on any atom is 0.335 e. The molecule has 0 saturated heterocycles. The van der Waals surface area contributed by atoms with Crippen LogP contribution in [0.4, 0.5) is 17.3 Å². The molecule has 0 saturated carbocycles. The first kappa shape index (κ1) is 15.8. The Morgan fingerprint density at radius 2 is 1.86 bits per heavy atom. The number of carboxylic acids is 1. The van der Waals surface area contributed by atoms with Crippen molar-refractivity contribution in [3.63, 3.8) is 0 Å². The number of benzene rings is 1. The summed E-state index contributed by atoms with van der Waals surface area (Å²) in [6, 6.07) is 8.33. The Kier molecular flexibility index (Phi) is 5.30. The Balaban J connectivity index is 1.99. The lowest BCUT2D eigenvalue weighted by molar-refractivity contribution is 0.0697. The van der Waals surface area contributed by atoms with Crippen LogP contribution in [0.1, 0.15) is 30.6 Å². The molecule has 22 heavy (non-hydrogen) atoms. The monoisotopic (exact) mass is 300 g/mol. The minimum Gasteiger partial charge on any atom is -0.478 e. The van der Waals surface area contributed by atoms with E-state index in [0.29, 0.717) is 11.7 Å². The van der Waals surface area contributed by atoms with Crippen LogP contribution in [-0.2, 0) is 0 Å². The van der Waals surface area contributed by atoms with Crippen LogP contribution in [0, 0.1) is 5.92 Å². The fourth-order valence-electron chi connectivity index (χ4n) is 1.86. The third-order valence-electron chi connectivity index (χ3n) is 3.10. The van der Waals surface area contributed by atoms with Gasteiger partial charge >= 0.3 is 5.97 Å². The number of carbonyl (C=O) groups is 1. The molecule has 0 spiro atoms. The van der Waals surface area contributed by atoms with Crippen molar-refractivity contribution in [1.29, 1.82) is 0 Å². The highest BCUT2D eigenvalue weighted by Gasteiger charge is 2.03. The number of hydrogen-bond acceptors (Lipinski definition) is 5. The number of nitrogens with one attached hydrogen (secondary N) is 2. The topological polar surface area (TPSA) is 87.1 Å². The van der Waals surface area contributed by atoms with E-state index in [-0.39, 0.29) is 5.56 Å². The maximum atomic E-state index is 10.8. The predicted octanol–water partition coefficient (Wildman–Crippen LogP) is 3.38. The molecule has 116 valence electrons. The summed E-state index contributed by atoms with van der Waals surface area (Å²) >= 11 is 0. The van der Waals surface area contributed by atoms with Crippen molar-refractivity contribution >= 4 is 23.3 Å². The first-order valence-electron chi connectivity index (χ1n) is 7.21. The number of anilines is 3. The van der Waals surface area contributed by atoms with E-state index in [0.717, 1.165) is 24.5 Å². The molecule has 0 amide bonds. The van der Waals surface area contributed by atoms with E-state index in [1.165, 1.54) is 6.33 Å². The highest BCUT2D eigenvalue weighted by molar-refractivity contribution is 5.88. The fourth-order valence-corrected chi connectivity index (χ4v) is 1.86. The van der Waals surface area contributed by atoms with Gasteiger partial charge in [0.2, 0.25) is 0 Å². The van der Waals surface area contributed by atoms with E-state index in [1.54, 1.807) is 24.3 Å². The standard InChI is InChI=1S/C16H20N4O2/c1-11(2)7-8-17-14-9-15(19-10-18-14)20-13-5-3-12(4-6-13)16(21)22/h3-6,9-11H,7-8H2,1-2H3,(H,21,22)(H2,17,18,19,20). The maximum absolute atomic E-state index is 10.8. The van der Waals surface area contributed by atoms with Crippen molar-refractivity contribution in [2.24, 2.45) is 5.92 Å². The third kappa shape index (κ3) is 4.73. The number of rotatable bonds is 7. The minimum atomic E-state index is -0.940. The molecule has 0 aliphatic carbocycles. The summed E-state index contributed by atoms with van der Waals surface area (Å²) in [5, 5.41) is 15.3. The Bertz CT molecular complexity index is 626. The van der Waals surface area contributed by atoms with Crippen molar-refractivity contribution in [2.75, 3.05) is 17.2 Å². The highest BCUT2D eigenvalue weighted by atomic mass is 16.4. The summed E-state index contributed by atoms with van der Waals surface area (Å²) in [6.45, 7) is 5.21. The average Bonchev–Trinajstić information content (AvgIpc) is 2.48. The van der Waals surface area contributed by atoms with Crippen molar-refractivity contribution in [1.82, 2.24) is 9.97 Å². The molecule has 2 rings (SSSR count). The smallest absolute Gasteiger partial charge is 0.335 e. The third-order valence-corrected chi connectivity index (χ3v) is 3.10. The van der Waals surface area contributed by atoms with Gasteiger partial charge in [0.1, 0.15) is 18.0 Å². The van der Waals surface area contributed by atoms with Gasteiger partial charge in [-0.25, -0.2) is 14.8 Å². The van der Waals surface area contributed by atoms with Gasteiger partial charge < -0.3 is 15.7 Å². The van der Waals surface area contributed by atoms with E-state index in [1.807, 2.05) is 6.07 Å². The van der Waals surface area contributed by atoms with E-state index in [4.69, 9.17) is 5.11 Å². The lowest BCUT2D eigenvalue weighted by atomic mass is 10.1. The van der Waals surface area contributed by atoms with Gasteiger partial charge in [0.15, 0.2) is 0 Å². The van der Waals surface area contributed by atoms with E-state index >= 15 is 0 Å². The summed E-state index contributed by atoms with van der Waals surface area (Å²) in [5.41, 5.74) is 1.03. The van der Waals surface area contributed by atoms with Crippen molar-refractivity contribution < 1.29 is 9.90 Å².